The molecule has 35 heavy (non-hydrogen) atoms. The molecule has 0 bridgehead atoms. The summed E-state index contributed by atoms with van der Waals surface area (Å²) in [6.45, 7) is 4.27. The van der Waals surface area contributed by atoms with Crippen molar-refractivity contribution in [2.45, 2.75) is 12.8 Å². The normalized spacial score (nSPS) is 14.3. The van der Waals surface area contributed by atoms with Gasteiger partial charge in [0.25, 0.3) is 0 Å². The van der Waals surface area contributed by atoms with Gasteiger partial charge in [-0.25, -0.2) is 14.8 Å². The maximum atomic E-state index is 10.7. The fourth-order valence-electron chi connectivity index (χ4n) is 4.62. The van der Waals surface area contributed by atoms with Crippen molar-refractivity contribution >= 4 is 33.6 Å². The molecule has 1 aliphatic heterocycles. The Kier molecular flexibility index (Phi) is 6.46. The third-order valence-corrected chi connectivity index (χ3v) is 6.40. The molecule has 0 saturated carbocycles. The van der Waals surface area contributed by atoms with E-state index in [0.717, 1.165) is 73.2 Å². The van der Waals surface area contributed by atoms with E-state index < -0.39 is 12.6 Å². The number of hydrogen-bond donors (Lipinski definition) is 2. The van der Waals surface area contributed by atoms with E-state index in [0.29, 0.717) is 11.4 Å². The molecule has 1 aliphatic rings. The zero-order valence-electron chi connectivity index (χ0n) is 19.3. The monoisotopic (exact) mass is 470 g/mol. The summed E-state index contributed by atoms with van der Waals surface area (Å²) in [4.78, 5) is 27.8. The summed E-state index contributed by atoms with van der Waals surface area (Å²) in [5.74, 6) is 0.155. The lowest BCUT2D eigenvalue weighted by atomic mass is 10.1. The Hall–Kier alpha value is -4.16. The van der Waals surface area contributed by atoms with Crippen LogP contribution in [-0.2, 0) is 11.2 Å². The second kappa shape index (κ2) is 9.99. The lowest BCUT2D eigenvalue weighted by molar-refractivity contribution is -0.139. The number of piperazine rings is 1. The number of carboxylic acids is 1. The number of nitrogens with one attached hydrogen (secondary N) is 1. The van der Waals surface area contributed by atoms with Gasteiger partial charge >= 0.3 is 5.97 Å². The molecule has 1 saturated heterocycles. The average Bonchev–Trinajstić information content (AvgIpc) is 3.29. The van der Waals surface area contributed by atoms with Crippen LogP contribution in [0.2, 0.25) is 0 Å². The van der Waals surface area contributed by atoms with Gasteiger partial charge in [0, 0.05) is 60.9 Å². The smallest absolute Gasteiger partial charge is 0.341 e. The molecule has 0 atom stereocenters. The molecule has 9 heteroatoms. The topological polar surface area (TPSA) is 118 Å². The van der Waals surface area contributed by atoms with E-state index in [4.69, 9.17) is 9.84 Å². The van der Waals surface area contributed by atoms with Gasteiger partial charge in [0.2, 0.25) is 5.88 Å². The summed E-state index contributed by atoms with van der Waals surface area (Å²) in [5, 5.41) is 20.1. The molecule has 0 spiro atoms. The highest BCUT2D eigenvalue weighted by Gasteiger charge is 2.20. The first kappa shape index (κ1) is 22.6. The number of aliphatic carboxylic acids is 1. The van der Waals surface area contributed by atoms with Crippen molar-refractivity contribution in [2.24, 2.45) is 0 Å². The van der Waals surface area contributed by atoms with E-state index in [9.17, 15) is 10.1 Å². The number of aromatic amines is 1. The standard InChI is InChI=1S/C26H26N6O3/c27-15-18-3-5-22-21(14-18)19(16-29-22)2-1-9-31-10-12-32(13-11-31)26-20-4-6-24(35-17-25(33)34)30-23(20)7-8-28-26/h3-8,14,16,29H,1-2,9-13,17H2,(H,33,34). The van der Waals surface area contributed by atoms with Crippen LogP contribution in [0.5, 0.6) is 5.88 Å². The highest BCUT2D eigenvalue weighted by atomic mass is 16.5. The molecule has 1 fully saturated rings. The molecule has 0 aliphatic carbocycles. The van der Waals surface area contributed by atoms with Crippen LogP contribution in [-0.4, -0.2) is 70.3 Å². The van der Waals surface area contributed by atoms with Crippen molar-refractivity contribution in [2.75, 3.05) is 44.2 Å². The number of hydrogen-bond acceptors (Lipinski definition) is 7. The van der Waals surface area contributed by atoms with E-state index >= 15 is 0 Å². The summed E-state index contributed by atoms with van der Waals surface area (Å²) in [7, 11) is 0. The zero-order chi connectivity index (χ0) is 24.2. The lowest BCUT2D eigenvalue weighted by Crippen LogP contribution is -2.47. The molecule has 4 aromatic rings. The summed E-state index contributed by atoms with van der Waals surface area (Å²) in [6, 6.07) is 13.4. The predicted molar refractivity (Wildman–Crippen MR) is 133 cm³/mol. The third kappa shape index (κ3) is 5.03. The van der Waals surface area contributed by atoms with E-state index in [1.54, 1.807) is 12.3 Å². The SMILES string of the molecule is N#Cc1ccc2[nH]cc(CCCN3CCN(c4nccc5nc(OCC(=O)O)ccc45)CC3)c2c1. The molecule has 5 rings (SSSR count). The number of rotatable bonds is 8. The Balaban J connectivity index is 1.17. The number of carboxylic acid groups (broad SMARTS) is 1. The van der Waals surface area contributed by atoms with Gasteiger partial charge < -0.3 is 19.7 Å². The van der Waals surface area contributed by atoms with Crippen LogP contribution in [0.15, 0.2) is 48.8 Å². The van der Waals surface area contributed by atoms with Gasteiger partial charge in [-0.2, -0.15) is 5.26 Å². The predicted octanol–water partition coefficient (Wildman–Crippen LogP) is 3.20. The molecule has 178 valence electrons. The van der Waals surface area contributed by atoms with Crippen molar-refractivity contribution in [1.82, 2.24) is 19.9 Å². The second-order valence-corrected chi connectivity index (χ2v) is 8.65. The largest absolute Gasteiger partial charge is 0.479 e. The number of anilines is 1. The minimum atomic E-state index is -1.03. The fraction of sp³-hybridized carbons (Fsp3) is 0.308. The number of H-pyrrole nitrogens is 1. The van der Waals surface area contributed by atoms with Crippen LogP contribution in [0.4, 0.5) is 5.82 Å². The Bertz CT molecular complexity index is 1400. The van der Waals surface area contributed by atoms with E-state index in [1.165, 1.54) is 5.56 Å². The third-order valence-electron chi connectivity index (χ3n) is 6.40. The molecular weight excluding hydrogens is 444 g/mol. The first-order valence-corrected chi connectivity index (χ1v) is 11.7. The quantitative estimate of drug-likeness (QED) is 0.403. The molecule has 0 amide bonds. The van der Waals surface area contributed by atoms with Gasteiger partial charge in [-0.3, -0.25) is 4.90 Å². The summed E-state index contributed by atoms with van der Waals surface area (Å²) >= 11 is 0. The van der Waals surface area contributed by atoms with Crippen molar-refractivity contribution in [3.8, 4) is 11.9 Å². The number of pyridine rings is 2. The van der Waals surface area contributed by atoms with Crippen molar-refractivity contribution in [3.63, 3.8) is 0 Å². The van der Waals surface area contributed by atoms with E-state index in [2.05, 4.69) is 37.0 Å². The first-order valence-electron chi connectivity index (χ1n) is 11.7. The number of aromatic nitrogens is 3. The van der Waals surface area contributed by atoms with Crippen LogP contribution < -0.4 is 9.64 Å². The highest BCUT2D eigenvalue weighted by Crippen LogP contribution is 2.26. The number of benzene rings is 1. The van der Waals surface area contributed by atoms with Gasteiger partial charge in [-0.1, -0.05) is 0 Å². The molecule has 9 nitrogen and oxygen atoms in total. The van der Waals surface area contributed by atoms with Gasteiger partial charge in [-0.05, 0) is 55.3 Å². The number of fused-ring (bicyclic) bond motifs is 2. The van der Waals surface area contributed by atoms with Crippen molar-refractivity contribution in [3.05, 3.63) is 59.9 Å². The summed E-state index contributed by atoms with van der Waals surface area (Å²) in [5.41, 5.74) is 3.76. The number of nitriles is 1. The van der Waals surface area contributed by atoms with Crippen molar-refractivity contribution < 1.29 is 14.6 Å². The maximum Gasteiger partial charge on any atom is 0.341 e. The molecule has 0 radical (unpaired) electrons. The van der Waals surface area contributed by atoms with E-state index in [1.807, 2.05) is 30.3 Å². The van der Waals surface area contributed by atoms with Gasteiger partial charge in [0.1, 0.15) is 5.82 Å². The molecule has 4 heterocycles. The van der Waals surface area contributed by atoms with Gasteiger partial charge in [0.15, 0.2) is 6.61 Å². The second-order valence-electron chi connectivity index (χ2n) is 8.65. The van der Waals surface area contributed by atoms with Crippen molar-refractivity contribution in [1.29, 1.82) is 5.26 Å². The van der Waals surface area contributed by atoms with Crippen LogP contribution in [0, 0.1) is 11.3 Å². The average molecular weight is 471 g/mol. The lowest BCUT2D eigenvalue weighted by Gasteiger charge is -2.35. The first-order chi connectivity index (χ1) is 17.1. The maximum absolute atomic E-state index is 10.7. The fourth-order valence-corrected chi connectivity index (χ4v) is 4.62. The zero-order valence-corrected chi connectivity index (χ0v) is 19.3. The van der Waals surface area contributed by atoms with Crippen LogP contribution >= 0.6 is 0 Å². The van der Waals surface area contributed by atoms with E-state index in [-0.39, 0.29) is 0 Å². The number of ether oxygens (including phenoxy) is 1. The minimum Gasteiger partial charge on any atom is -0.479 e. The van der Waals surface area contributed by atoms with Crippen LogP contribution in [0.25, 0.3) is 21.8 Å². The Labute approximate surface area is 202 Å². The molecular formula is C26H26N6O3. The Morgan fingerprint density at radius 3 is 2.80 bits per heavy atom. The van der Waals surface area contributed by atoms with Crippen LogP contribution in [0.1, 0.15) is 17.5 Å². The molecule has 3 aromatic heterocycles. The van der Waals surface area contributed by atoms with Gasteiger partial charge in [0.05, 0.1) is 17.1 Å². The summed E-state index contributed by atoms with van der Waals surface area (Å²) in [6.07, 6.45) is 5.82. The number of aryl methyl sites for hydroxylation is 1. The Morgan fingerprint density at radius 2 is 2.00 bits per heavy atom. The Morgan fingerprint density at radius 1 is 1.14 bits per heavy atom. The van der Waals surface area contributed by atoms with Gasteiger partial charge in [-0.15, -0.1) is 0 Å². The molecule has 0 unspecified atom stereocenters. The summed E-state index contributed by atoms with van der Waals surface area (Å²) < 4.78 is 5.21. The van der Waals surface area contributed by atoms with Crippen LogP contribution in [0.3, 0.4) is 0 Å². The molecule has 2 N–H and O–H groups in total. The minimum absolute atomic E-state index is 0.293. The number of carbonyl (C=O) groups is 1. The molecule has 1 aromatic carbocycles. The number of nitrogens with zero attached hydrogens (tertiary/aromatic N) is 5. The highest BCUT2D eigenvalue weighted by molar-refractivity contribution is 5.90.